The molecular formula is C69H128O6. The van der Waals surface area contributed by atoms with E-state index in [0.29, 0.717) is 19.3 Å². The Labute approximate surface area is 467 Å². The van der Waals surface area contributed by atoms with Gasteiger partial charge in [0.2, 0.25) is 0 Å². The van der Waals surface area contributed by atoms with Crippen molar-refractivity contribution in [1.82, 2.24) is 0 Å². The summed E-state index contributed by atoms with van der Waals surface area (Å²) in [6, 6.07) is 0. The molecule has 0 bridgehead atoms. The molecule has 0 aromatic heterocycles. The zero-order valence-corrected chi connectivity index (χ0v) is 50.6. The standard InChI is InChI=1S/C69H128O6/c1-4-7-10-13-16-19-22-25-28-31-33-34-36-38-41-44-47-50-53-56-59-62-68(71)74-65-66(64-73-67(70)61-58-55-52-49-46-43-40-37-30-27-24-21-18-15-12-9-6-3)75-69(72)63-60-57-54-51-48-45-42-39-35-32-29-26-23-20-17-14-11-8-5-2/h22,25,27,30-31,33,66H,4-21,23-24,26,28-29,32,34-65H2,1-3H3/b25-22-,30-27-,33-31-. The van der Waals surface area contributed by atoms with Gasteiger partial charge in [-0.1, -0.05) is 308 Å². The lowest BCUT2D eigenvalue weighted by Gasteiger charge is -2.18. The topological polar surface area (TPSA) is 78.9 Å². The Balaban J connectivity index is 4.33. The summed E-state index contributed by atoms with van der Waals surface area (Å²) < 4.78 is 17.0. The van der Waals surface area contributed by atoms with Crippen molar-refractivity contribution in [1.29, 1.82) is 0 Å². The Bertz CT molecular complexity index is 1250. The highest BCUT2D eigenvalue weighted by molar-refractivity contribution is 5.71. The van der Waals surface area contributed by atoms with Crippen molar-refractivity contribution >= 4 is 17.9 Å². The van der Waals surface area contributed by atoms with Crippen LogP contribution in [0.2, 0.25) is 0 Å². The molecule has 6 nitrogen and oxygen atoms in total. The van der Waals surface area contributed by atoms with E-state index in [4.69, 9.17) is 14.2 Å². The average molecular weight is 1050 g/mol. The third-order valence-corrected chi connectivity index (χ3v) is 15.1. The van der Waals surface area contributed by atoms with Crippen LogP contribution in [0.5, 0.6) is 0 Å². The lowest BCUT2D eigenvalue weighted by Crippen LogP contribution is -2.30. The van der Waals surface area contributed by atoms with Crippen molar-refractivity contribution in [3.63, 3.8) is 0 Å². The first-order chi connectivity index (χ1) is 37.0. The van der Waals surface area contributed by atoms with Crippen molar-refractivity contribution in [2.24, 2.45) is 0 Å². The van der Waals surface area contributed by atoms with E-state index in [2.05, 4.69) is 57.2 Å². The predicted molar refractivity (Wildman–Crippen MR) is 326 cm³/mol. The molecule has 0 radical (unpaired) electrons. The third kappa shape index (κ3) is 62.4. The van der Waals surface area contributed by atoms with Gasteiger partial charge in [0.25, 0.3) is 0 Å². The maximum atomic E-state index is 12.9. The van der Waals surface area contributed by atoms with Crippen LogP contribution in [-0.4, -0.2) is 37.2 Å². The van der Waals surface area contributed by atoms with Gasteiger partial charge < -0.3 is 14.2 Å². The Morgan fingerprint density at radius 1 is 0.267 bits per heavy atom. The van der Waals surface area contributed by atoms with Crippen LogP contribution in [0.4, 0.5) is 0 Å². The molecule has 6 heteroatoms. The van der Waals surface area contributed by atoms with Crippen molar-refractivity contribution in [3.05, 3.63) is 36.5 Å². The maximum absolute atomic E-state index is 12.9. The SMILES string of the molecule is CCCCCCC/C=C\C/C=C\CCCCCCCCCCCC(=O)OCC(COC(=O)CCCCCCCCC/C=C\CCCCCCCC)OC(=O)CCCCCCCCCCCCCCCCCCCCC. The molecule has 0 saturated heterocycles. The first kappa shape index (κ1) is 72.6. The average Bonchev–Trinajstić information content (AvgIpc) is 3.41. The molecule has 0 rings (SSSR count). The van der Waals surface area contributed by atoms with Crippen LogP contribution < -0.4 is 0 Å². The van der Waals surface area contributed by atoms with E-state index in [1.807, 2.05) is 0 Å². The number of hydrogen-bond acceptors (Lipinski definition) is 6. The minimum Gasteiger partial charge on any atom is -0.462 e. The number of carbonyl (C=O) groups excluding carboxylic acids is 3. The maximum Gasteiger partial charge on any atom is 0.306 e. The highest BCUT2D eigenvalue weighted by Gasteiger charge is 2.19. The molecule has 0 amide bonds. The van der Waals surface area contributed by atoms with Gasteiger partial charge in [-0.25, -0.2) is 0 Å². The first-order valence-electron chi connectivity index (χ1n) is 33.5. The van der Waals surface area contributed by atoms with Crippen LogP contribution >= 0.6 is 0 Å². The number of ether oxygens (including phenoxy) is 3. The van der Waals surface area contributed by atoms with Crippen LogP contribution in [0.15, 0.2) is 36.5 Å². The van der Waals surface area contributed by atoms with Crippen molar-refractivity contribution in [3.8, 4) is 0 Å². The van der Waals surface area contributed by atoms with Gasteiger partial charge in [-0.15, -0.1) is 0 Å². The lowest BCUT2D eigenvalue weighted by molar-refractivity contribution is -0.167. The molecule has 0 aliphatic rings. The second-order valence-electron chi connectivity index (χ2n) is 22.7. The number of esters is 3. The van der Waals surface area contributed by atoms with Crippen LogP contribution in [0.25, 0.3) is 0 Å². The highest BCUT2D eigenvalue weighted by atomic mass is 16.6. The smallest absolute Gasteiger partial charge is 0.306 e. The summed E-state index contributed by atoms with van der Waals surface area (Å²) in [5, 5.41) is 0. The Morgan fingerprint density at radius 3 is 0.747 bits per heavy atom. The first-order valence-corrected chi connectivity index (χ1v) is 33.5. The zero-order chi connectivity index (χ0) is 54.3. The molecule has 1 atom stereocenters. The van der Waals surface area contributed by atoms with Crippen LogP contribution in [-0.2, 0) is 28.6 Å². The van der Waals surface area contributed by atoms with Gasteiger partial charge in [0.1, 0.15) is 13.2 Å². The summed E-state index contributed by atoms with van der Waals surface area (Å²) >= 11 is 0. The second kappa shape index (κ2) is 64.2. The van der Waals surface area contributed by atoms with E-state index in [9.17, 15) is 14.4 Å². The fourth-order valence-corrected chi connectivity index (χ4v) is 10.1. The molecule has 0 aromatic carbocycles. The largest absolute Gasteiger partial charge is 0.462 e. The lowest BCUT2D eigenvalue weighted by atomic mass is 10.0. The molecule has 0 spiro atoms. The minimum atomic E-state index is -0.774. The third-order valence-electron chi connectivity index (χ3n) is 15.1. The Hall–Kier alpha value is -2.37. The summed E-state index contributed by atoms with van der Waals surface area (Å²) in [6.45, 7) is 6.69. The van der Waals surface area contributed by atoms with Gasteiger partial charge in [0, 0.05) is 19.3 Å². The molecule has 1 unspecified atom stereocenters. The van der Waals surface area contributed by atoms with E-state index in [1.54, 1.807) is 0 Å². The van der Waals surface area contributed by atoms with E-state index in [1.165, 1.54) is 263 Å². The van der Waals surface area contributed by atoms with Crippen molar-refractivity contribution < 1.29 is 28.6 Å². The van der Waals surface area contributed by atoms with Gasteiger partial charge in [-0.3, -0.25) is 14.4 Å². The van der Waals surface area contributed by atoms with Gasteiger partial charge in [0.05, 0.1) is 0 Å². The van der Waals surface area contributed by atoms with Crippen LogP contribution in [0.3, 0.4) is 0 Å². The quantitative estimate of drug-likeness (QED) is 0.0261. The number of rotatable bonds is 62. The fraction of sp³-hybridized carbons (Fsp3) is 0.870. The summed E-state index contributed by atoms with van der Waals surface area (Å²) in [7, 11) is 0. The van der Waals surface area contributed by atoms with E-state index < -0.39 is 6.10 Å². The molecule has 0 aliphatic carbocycles. The van der Waals surface area contributed by atoms with Gasteiger partial charge in [0.15, 0.2) is 6.10 Å². The van der Waals surface area contributed by atoms with E-state index in [0.717, 1.165) is 64.2 Å². The zero-order valence-electron chi connectivity index (χ0n) is 50.6. The monoisotopic (exact) mass is 1050 g/mol. The van der Waals surface area contributed by atoms with Crippen molar-refractivity contribution in [2.45, 2.75) is 374 Å². The number of hydrogen-bond donors (Lipinski definition) is 0. The number of allylic oxidation sites excluding steroid dienone is 6. The summed E-state index contributed by atoms with van der Waals surface area (Å²) in [6.07, 6.45) is 78.6. The molecular weight excluding hydrogens is 925 g/mol. The van der Waals surface area contributed by atoms with E-state index in [-0.39, 0.29) is 31.1 Å². The highest BCUT2D eigenvalue weighted by Crippen LogP contribution is 2.18. The Kier molecular flexibility index (Phi) is 62.1. The molecule has 0 aromatic rings. The minimum absolute atomic E-state index is 0.0713. The van der Waals surface area contributed by atoms with Gasteiger partial charge >= 0.3 is 17.9 Å². The predicted octanol–water partition coefficient (Wildman–Crippen LogP) is 22.8. The van der Waals surface area contributed by atoms with Gasteiger partial charge in [-0.2, -0.15) is 0 Å². The number of unbranched alkanes of at least 4 members (excludes halogenated alkanes) is 45. The molecule has 0 aliphatic heterocycles. The Morgan fingerprint density at radius 2 is 0.480 bits per heavy atom. The second-order valence-corrected chi connectivity index (χ2v) is 22.7. The summed E-state index contributed by atoms with van der Waals surface area (Å²) in [4.78, 5) is 38.4. The molecule has 440 valence electrons. The summed E-state index contributed by atoms with van der Waals surface area (Å²) in [5.41, 5.74) is 0. The fourth-order valence-electron chi connectivity index (χ4n) is 10.1. The molecule has 75 heavy (non-hydrogen) atoms. The van der Waals surface area contributed by atoms with E-state index >= 15 is 0 Å². The van der Waals surface area contributed by atoms with Gasteiger partial charge in [-0.05, 0) is 77.0 Å². The molecule has 0 N–H and O–H groups in total. The van der Waals surface area contributed by atoms with Crippen LogP contribution in [0.1, 0.15) is 367 Å². The van der Waals surface area contributed by atoms with Crippen LogP contribution in [0, 0.1) is 0 Å². The normalized spacial score (nSPS) is 12.2. The molecule has 0 saturated carbocycles. The molecule has 0 fully saturated rings. The molecule has 0 heterocycles. The van der Waals surface area contributed by atoms with Crippen molar-refractivity contribution in [2.75, 3.05) is 13.2 Å². The summed E-state index contributed by atoms with van der Waals surface area (Å²) in [5.74, 6) is -0.852. The number of carbonyl (C=O) groups is 3.